The van der Waals surface area contributed by atoms with E-state index in [2.05, 4.69) is 9.97 Å². The second kappa shape index (κ2) is 11.5. The maximum Gasteiger partial charge on any atom is 0.267 e. The molecular formula is C33H29ClFN7O3. The summed E-state index contributed by atoms with van der Waals surface area (Å²) in [4.78, 5) is 47.7. The van der Waals surface area contributed by atoms with Gasteiger partial charge in [0, 0.05) is 20.1 Å². The van der Waals surface area contributed by atoms with Gasteiger partial charge in [0.15, 0.2) is 0 Å². The standard InChI is InChI=1S/C33H29ClFN7O3/c1-39-19-40(17-20-11-13-23(45-2)14-12-20)30-28(32(39)43)31(37-18-36-30)41-15-5-10-26(41)29-38-25-9-4-8-24(34)27(25)33(44)42(29)22-7-3-6-21(35)16-22/h3-4,6-9,11-14,16,18,26H,5,10,15,17,19H2,1-2H3/t26-/m0/s1. The lowest BCUT2D eigenvalue weighted by Crippen LogP contribution is -2.46. The van der Waals surface area contributed by atoms with Crippen LogP contribution in [0.1, 0.15) is 40.6 Å². The monoisotopic (exact) mass is 625 g/mol. The summed E-state index contributed by atoms with van der Waals surface area (Å²) in [7, 11) is 3.38. The summed E-state index contributed by atoms with van der Waals surface area (Å²) >= 11 is 6.48. The van der Waals surface area contributed by atoms with Crippen molar-refractivity contribution in [1.82, 2.24) is 24.4 Å². The minimum atomic E-state index is -0.483. The molecule has 2 aromatic heterocycles. The Morgan fingerprint density at radius 1 is 1.02 bits per heavy atom. The van der Waals surface area contributed by atoms with Crippen LogP contribution in [0.5, 0.6) is 5.75 Å². The van der Waals surface area contributed by atoms with Gasteiger partial charge in [-0.2, -0.15) is 0 Å². The summed E-state index contributed by atoms with van der Waals surface area (Å²) < 4.78 is 21.2. The number of aromatic nitrogens is 4. The van der Waals surface area contributed by atoms with Crippen molar-refractivity contribution < 1.29 is 13.9 Å². The molecule has 1 atom stereocenters. The van der Waals surface area contributed by atoms with E-state index in [-0.39, 0.29) is 16.3 Å². The lowest BCUT2D eigenvalue weighted by molar-refractivity contribution is 0.0780. The predicted molar refractivity (Wildman–Crippen MR) is 170 cm³/mol. The molecule has 2 aliphatic rings. The van der Waals surface area contributed by atoms with Gasteiger partial charge >= 0.3 is 0 Å². The topological polar surface area (TPSA) is 96.7 Å². The Hall–Kier alpha value is -5.03. The highest BCUT2D eigenvalue weighted by molar-refractivity contribution is 6.35. The number of anilines is 2. The molecule has 1 fully saturated rings. The molecule has 1 saturated heterocycles. The molecule has 228 valence electrons. The molecule has 0 unspecified atom stereocenters. The minimum absolute atomic E-state index is 0.196. The second-order valence-corrected chi connectivity index (χ2v) is 11.6. The number of carbonyl (C=O) groups is 1. The van der Waals surface area contributed by atoms with Gasteiger partial charge in [-0.3, -0.25) is 14.2 Å². The van der Waals surface area contributed by atoms with Crippen LogP contribution in [0, 0.1) is 5.82 Å². The zero-order chi connectivity index (χ0) is 31.2. The molecule has 12 heteroatoms. The fourth-order valence-corrected chi connectivity index (χ4v) is 6.50. The van der Waals surface area contributed by atoms with Crippen molar-refractivity contribution in [2.75, 3.05) is 37.2 Å². The fraction of sp³-hybridized carbons (Fsp3) is 0.242. The van der Waals surface area contributed by atoms with E-state index in [1.54, 1.807) is 49.4 Å². The Labute approximate surface area is 263 Å². The quantitative estimate of drug-likeness (QED) is 0.249. The van der Waals surface area contributed by atoms with Crippen LogP contribution in [0.15, 0.2) is 77.9 Å². The van der Waals surface area contributed by atoms with Crippen molar-refractivity contribution in [3.63, 3.8) is 0 Å². The first kappa shape index (κ1) is 28.7. The molecule has 10 nitrogen and oxygen atoms in total. The van der Waals surface area contributed by atoms with Crippen molar-refractivity contribution >= 4 is 40.0 Å². The third-order valence-electron chi connectivity index (χ3n) is 8.34. The third-order valence-corrected chi connectivity index (χ3v) is 8.66. The molecule has 0 saturated carbocycles. The molecule has 4 heterocycles. The number of nitrogens with zero attached hydrogens (tertiary/aromatic N) is 7. The van der Waals surface area contributed by atoms with Crippen molar-refractivity contribution in [1.29, 1.82) is 0 Å². The number of amides is 1. The Kier molecular flexibility index (Phi) is 7.33. The number of halogens is 2. The molecule has 3 aromatic carbocycles. The van der Waals surface area contributed by atoms with Gasteiger partial charge in [-0.1, -0.05) is 35.9 Å². The van der Waals surface area contributed by atoms with E-state index in [1.165, 1.54) is 23.0 Å². The van der Waals surface area contributed by atoms with Crippen LogP contribution in [0.4, 0.5) is 16.0 Å². The SMILES string of the molecule is COc1ccc(CN2CN(C)C(=O)c3c2ncnc3N2CCC[C@H]2c2nc3cccc(Cl)c3c(=O)n2-c2cccc(F)c2)cc1. The minimum Gasteiger partial charge on any atom is -0.497 e. The number of benzene rings is 3. The fourth-order valence-electron chi connectivity index (χ4n) is 6.25. The smallest absolute Gasteiger partial charge is 0.267 e. The van der Waals surface area contributed by atoms with Crippen LogP contribution in [0.25, 0.3) is 16.6 Å². The summed E-state index contributed by atoms with van der Waals surface area (Å²) in [5.74, 6) is 1.49. The summed E-state index contributed by atoms with van der Waals surface area (Å²) in [5, 5.41) is 0.516. The van der Waals surface area contributed by atoms with Crippen LogP contribution >= 0.6 is 11.6 Å². The van der Waals surface area contributed by atoms with Crippen LogP contribution in [-0.4, -0.2) is 57.7 Å². The number of ether oxygens (including phenoxy) is 1. The van der Waals surface area contributed by atoms with E-state index < -0.39 is 17.4 Å². The van der Waals surface area contributed by atoms with Crippen LogP contribution < -0.4 is 20.1 Å². The number of methoxy groups -OCH3 is 1. The number of hydrogen-bond donors (Lipinski definition) is 0. The Morgan fingerprint density at radius 2 is 1.80 bits per heavy atom. The molecule has 0 spiro atoms. The molecule has 5 aromatic rings. The molecule has 0 N–H and O–H groups in total. The van der Waals surface area contributed by atoms with Gasteiger partial charge in [0.1, 0.15) is 40.9 Å². The average molecular weight is 626 g/mol. The highest BCUT2D eigenvalue weighted by Gasteiger charge is 2.38. The summed E-state index contributed by atoms with van der Waals surface area (Å²) in [5.41, 5.74) is 1.79. The van der Waals surface area contributed by atoms with E-state index in [0.29, 0.717) is 60.4 Å². The number of rotatable bonds is 6. The lowest BCUT2D eigenvalue weighted by atomic mass is 10.1. The molecule has 0 aliphatic carbocycles. The van der Waals surface area contributed by atoms with E-state index in [4.69, 9.17) is 21.3 Å². The molecule has 7 rings (SSSR count). The number of fused-ring (bicyclic) bond motifs is 2. The van der Waals surface area contributed by atoms with Crippen LogP contribution in [0.3, 0.4) is 0 Å². The first-order chi connectivity index (χ1) is 21.8. The van der Waals surface area contributed by atoms with Gasteiger partial charge in [0.25, 0.3) is 11.5 Å². The largest absolute Gasteiger partial charge is 0.497 e. The second-order valence-electron chi connectivity index (χ2n) is 11.2. The Bertz CT molecular complexity index is 2000. The maximum atomic E-state index is 14.5. The van der Waals surface area contributed by atoms with Crippen molar-refractivity contribution in [3.05, 3.63) is 111 Å². The molecule has 1 amide bonds. The zero-order valence-electron chi connectivity index (χ0n) is 24.7. The molecule has 0 bridgehead atoms. The van der Waals surface area contributed by atoms with Crippen molar-refractivity contribution in [2.24, 2.45) is 0 Å². The van der Waals surface area contributed by atoms with Gasteiger partial charge in [0.2, 0.25) is 0 Å². The molecule has 2 aliphatic heterocycles. The number of hydrogen-bond acceptors (Lipinski definition) is 8. The van der Waals surface area contributed by atoms with E-state index in [9.17, 15) is 14.0 Å². The first-order valence-corrected chi connectivity index (χ1v) is 14.9. The number of carbonyl (C=O) groups excluding carboxylic acids is 1. The summed E-state index contributed by atoms with van der Waals surface area (Å²) in [6.45, 7) is 1.43. The van der Waals surface area contributed by atoms with Gasteiger partial charge in [-0.05, 0) is 60.9 Å². The average Bonchev–Trinajstić information content (AvgIpc) is 3.53. The Balaban J connectivity index is 1.36. The van der Waals surface area contributed by atoms with Gasteiger partial charge in [-0.25, -0.2) is 19.3 Å². The summed E-state index contributed by atoms with van der Waals surface area (Å²) in [6, 6.07) is 18.3. The van der Waals surface area contributed by atoms with Gasteiger partial charge in [-0.15, -0.1) is 0 Å². The first-order valence-electron chi connectivity index (χ1n) is 14.6. The van der Waals surface area contributed by atoms with Gasteiger partial charge < -0.3 is 19.4 Å². The third kappa shape index (κ3) is 5.02. The molecular weight excluding hydrogens is 597 g/mol. The normalized spacial score (nSPS) is 16.4. The van der Waals surface area contributed by atoms with Crippen molar-refractivity contribution in [2.45, 2.75) is 25.4 Å². The van der Waals surface area contributed by atoms with Crippen LogP contribution in [-0.2, 0) is 6.54 Å². The maximum absolute atomic E-state index is 14.5. The van der Waals surface area contributed by atoms with Crippen LogP contribution in [0.2, 0.25) is 5.02 Å². The predicted octanol–water partition coefficient (Wildman–Crippen LogP) is 5.37. The molecule has 45 heavy (non-hydrogen) atoms. The highest BCUT2D eigenvalue weighted by Crippen LogP contribution is 2.40. The Morgan fingerprint density at radius 3 is 2.58 bits per heavy atom. The zero-order valence-corrected chi connectivity index (χ0v) is 25.4. The summed E-state index contributed by atoms with van der Waals surface area (Å²) in [6.07, 6.45) is 2.86. The van der Waals surface area contributed by atoms with Gasteiger partial charge in [0.05, 0.1) is 41.4 Å². The van der Waals surface area contributed by atoms with E-state index in [1.807, 2.05) is 34.1 Å². The van der Waals surface area contributed by atoms with E-state index in [0.717, 1.165) is 17.7 Å². The van der Waals surface area contributed by atoms with E-state index >= 15 is 0 Å². The lowest BCUT2D eigenvalue weighted by Gasteiger charge is -2.37. The van der Waals surface area contributed by atoms with Crippen molar-refractivity contribution in [3.8, 4) is 11.4 Å². The highest BCUT2D eigenvalue weighted by atomic mass is 35.5. The molecule has 0 radical (unpaired) electrons.